The van der Waals surface area contributed by atoms with Gasteiger partial charge in [-0.1, -0.05) is 65.7 Å². The number of rotatable bonds is 7. The maximum Gasteiger partial charge on any atom is 0.305 e. The first kappa shape index (κ1) is 26.7. The molecular weight excluding hydrogens is 537 g/mol. The average molecular weight is 562 g/mol. The quantitative estimate of drug-likeness (QED) is 0.260. The molecule has 1 aliphatic heterocycles. The van der Waals surface area contributed by atoms with Crippen molar-refractivity contribution < 1.29 is 14.3 Å². The molecule has 1 atom stereocenters. The van der Waals surface area contributed by atoms with Crippen LogP contribution in [-0.2, 0) is 14.3 Å². The van der Waals surface area contributed by atoms with Crippen LogP contribution in [0.1, 0.15) is 42.9 Å². The van der Waals surface area contributed by atoms with Crippen molar-refractivity contribution in [3.05, 3.63) is 104 Å². The van der Waals surface area contributed by atoms with Gasteiger partial charge in [0.1, 0.15) is 0 Å². The van der Waals surface area contributed by atoms with Crippen molar-refractivity contribution in [3.63, 3.8) is 0 Å². The highest BCUT2D eigenvalue weighted by molar-refractivity contribution is 6.31. The Morgan fingerprint density at radius 3 is 2.41 bits per heavy atom. The molecule has 0 radical (unpaired) electrons. The van der Waals surface area contributed by atoms with Crippen LogP contribution >= 0.6 is 23.2 Å². The van der Waals surface area contributed by atoms with Crippen molar-refractivity contribution in [1.29, 1.82) is 0 Å². The maximum absolute atomic E-state index is 13.6. The molecule has 0 fully saturated rings. The number of carbonyl (C=O) groups is 2. The number of benzene rings is 3. The van der Waals surface area contributed by atoms with Gasteiger partial charge in [0.25, 0.3) is 5.56 Å². The number of H-pyrrole nitrogens is 1. The minimum absolute atomic E-state index is 0.102. The Bertz CT molecular complexity index is 1630. The highest BCUT2D eigenvalue weighted by atomic mass is 35.5. The number of aromatic amines is 1. The second kappa shape index (κ2) is 11.4. The standard InChI is InChI=1S/C30H25Cl2N3O4/c1-39-27(37)9-5-8-26(36)35-25(18-10-12-20(31)13-11-18)17-24(34-35)29-28(19-6-3-2-4-7-19)22-16-21(32)14-15-23(22)33-30(29)38/h2-4,6-7,10-16,25H,5,8-9,17H2,1H3,(H,33,38). The number of halogens is 2. The Morgan fingerprint density at radius 1 is 0.974 bits per heavy atom. The molecule has 3 aromatic carbocycles. The van der Waals surface area contributed by atoms with E-state index in [0.717, 1.165) is 16.5 Å². The number of amides is 1. The third-order valence-electron chi connectivity index (χ3n) is 6.75. The minimum Gasteiger partial charge on any atom is -0.469 e. The second-order valence-electron chi connectivity index (χ2n) is 9.25. The molecule has 0 aliphatic carbocycles. The summed E-state index contributed by atoms with van der Waals surface area (Å²) in [5.74, 6) is -0.632. The van der Waals surface area contributed by atoms with Crippen molar-refractivity contribution in [2.75, 3.05) is 7.11 Å². The van der Waals surface area contributed by atoms with Crippen LogP contribution in [0.5, 0.6) is 0 Å². The summed E-state index contributed by atoms with van der Waals surface area (Å²) < 4.78 is 4.69. The highest BCUT2D eigenvalue weighted by Crippen LogP contribution is 2.38. The molecular formula is C30H25Cl2N3O4. The number of hydrogen-bond donors (Lipinski definition) is 1. The highest BCUT2D eigenvalue weighted by Gasteiger charge is 2.35. The van der Waals surface area contributed by atoms with E-state index >= 15 is 0 Å². The minimum atomic E-state index is -0.444. The van der Waals surface area contributed by atoms with E-state index in [4.69, 9.17) is 33.0 Å². The summed E-state index contributed by atoms with van der Waals surface area (Å²) in [6.07, 6.45) is 0.872. The summed E-state index contributed by atoms with van der Waals surface area (Å²) in [4.78, 5) is 41.5. The van der Waals surface area contributed by atoms with E-state index in [-0.39, 0.29) is 30.3 Å². The van der Waals surface area contributed by atoms with Gasteiger partial charge in [0.15, 0.2) is 0 Å². The van der Waals surface area contributed by atoms with Crippen LogP contribution in [0, 0.1) is 0 Å². The number of pyridine rings is 1. The lowest BCUT2D eigenvalue weighted by molar-refractivity contribution is -0.141. The molecule has 9 heteroatoms. The number of esters is 1. The van der Waals surface area contributed by atoms with Crippen LogP contribution in [0.15, 0.2) is 82.7 Å². The fourth-order valence-electron chi connectivity index (χ4n) is 4.88. The van der Waals surface area contributed by atoms with Crippen molar-refractivity contribution in [1.82, 2.24) is 9.99 Å². The van der Waals surface area contributed by atoms with E-state index in [1.165, 1.54) is 12.1 Å². The van der Waals surface area contributed by atoms with Gasteiger partial charge in [-0.15, -0.1) is 0 Å². The van der Waals surface area contributed by atoms with Crippen molar-refractivity contribution in [3.8, 4) is 11.1 Å². The molecule has 0 saturated carbocycles. The molecule has 39 heavy (non-hydrogen) atoms. The largest absolute Gasteiger partial charge is 0.469 e. The van der Waals surface area contributed by atoms with Gasteiger partial charge in [-0.3, -0.25) is 14.4 Å². The zero-order valence-electron chi connectivity index (χ0n) is 21.1. The number of hydrazone groups is 1. The van der Waals surface area contributed by atoms with Crippen LogP contribution < -0.4 is 5.56 Å². The average Bonchev–Trinajstić information content (AvgIpc) is 3.38. The molecule has 0 saturated heterocycles. The number of ether oxygens (including phenoxy) is 1. The lowest BCUT2D eigenvalue weighted by atomic mass is 9.91. The van der Waals surface area contributed by atoms with Gasteiger partial charge in [-0.25, -0.2) is 5.01 Å². The van der Waals surface area contributed by atoms with Gasteiger partial charge in [0, 0.05) is 45.8 Å². The van der Waals surface area contributed by atoms with E-state index < -0.39 is 6.04 Å². The molecule has 5 rings (SSSR count). The molecule has 4 aromatic rings. The molecule has 0 bridgehead atoms. The topological polar surface area (TPSA) is 91.8 Å². The lowest BCUT2D eigenvalue weighted by Crippen LogP contribution is -2.27. The smallest absolute Gasteiger partial charge is 0.305 e. The Kier molecular flexibility index (Phi) is 7.82. The van der Waals surface area contributed by atoms with E-state index in [2.05, 4.69) is 4.98 Å². The van der Waals surface area contributed by atoms with E-state index in [1.54, 1.807) is 24.3 Å². The predicted molar refractivity (Wildman–Crippen MR) is 153 cm³/mol. The summed E-state index contributed by atoms with van der Waals surface area (Å²) in [5.41, 5.74) is 3.58. The van der Waals surface area contributed by atoms with Gasteiger partial charge in [-0.05, 0) is 47.9 Å². The molecule has 2 heterocycles. The van der Waals surface area contributed by atoms with E-state index in [9.17, 15) is 14.4 Å². The normalized spacial score (nSPS) is 14.9. The molecule has 1 aliphatic rings. The van der Waals surface area contributed by atoms with E-state index in [1.807, 2.05) is 48.5 Å². The Balaban J connectivity index is 1.63. The summed E-state index contributed by atoms with van der Waals surface area (Å²) in [5, 5.41) is 8.04. The summed E-state index contributed by atoms with van der Waals surface area (Å²) in [6.45, 7) is 0. The Morgan fingerprint density at radius 2 is 1.69 bits per heavy atom. The zero-order chi connectivity index (χ0) is 27.5. The molecule has 1 N–H and O–H groups in total. The maximum atomic E-state index is 13.6. The van der Waals surface area contributed by atoms with E-state index in [0.29, 0.717) is 45.2 Å². The molecule has 1 amide bonds. The number of methoxy groups -OCH3 is 1. The first-order chi connectivity index (χ1) is 18.9. The summed E-state index contributed by atoms with van der Waals surface area (Å²) in [7, 11) is 1.32. The molecule has 1 aromatic heterocycles. The second-order valence-corrected chi connectivity index (χ2v) is 10.1. The number of aromatic nitrogens is 1. The van der Waals surface area contributed by atoms with Crippen molar-refractivity contribution in [2.45, 2.75) is 31.7 Å². The van der Waals surface area contributed by atoms with Crippen LogP contribution in [0.2, 0.25) is 10.0 Å². The number of fused-ring (bicyclic) bond motifs is 1. The fraction of sp³-hybridized carbons (Fsp3) is 0.200. The van der Waals surface area contributed by atoms with Crippen LogP contribution in [0.3, 0.4) is 0 Å². The number of carbonyl (C=O) groups excluding carboxylic acids is 2. The summed E-state index contributed by atoms with van der Waals surface area (Å²) >= 11 is 12.5. The summed E-state index contributed by atoms with van der Waals surface area (Å²) in [6, 6.07) is 21.7. The van der Waals surface area contributed by atoms with Gasteiger partial charge < -0.3 is 9.72 Å². The lowest BCUT2D eigenvalue weighted by Gasteiger charge is -2.22. The monoisotopic (exact) mass is 561 g/mol. The molecule has 0 spiro atoms. The zero-order valence-corrected chi connectivity index (χ0v) is 22.6. The number of nitrogens with zero attached hydrogens (tertiary/aromatic N) is 2. The predicted octanol–water partition coefficient (Wildman–Crippen LogP) is 6.52. The van der Waals surface area contributed by atoms with Gasteiger partial charge in [0.2, 0.25) is 5.91 Å². The van der Waals surface area contributed by atoms with Gasteiger partial charge in [-0.2, -0.15) is 5.10 Å². The third kappa shape index (κ3) is 5.60. The number of hydrogen-bond acceptors (Lipinski definition) is 5. The Labute approximate surface area is 235 Å². The third-order valence-corrected chi connectivity index (χ3v) is 7.23. The molecule has 1 unspecified atom stereocenters. The number of nitrogens with one attached hydrogen (secondary N) is 1. The van der Waals surface area contributed by atoms with Crippen molar-refractivity contribution in [2.24, 2.45) is 5.10 Å². The van der Waals surface area contributed by atoms with Crippen LogP contribution in [0.25, 0.3) is 22.0 Å². The fourth-order valence-corrected chi connectivity index (χ4v) is 5.18. The van der Waals surface area contributed by atoms with Gasteiger partial charge >= 0.3 is 5.97 Å². The van der Waals surface area contributed by atoms with Crippen LogP contribution in [0.4, 0.5) is 0 Å². The SMILES string of the molecule is COC(=O)CCCC(=O)N1N=C(c2c(-c3ccccc3)c3cc(Cl)ccc3[nH]c2=O)CC1c1ccc(Cl)cc1. The molecule has 198 valence electrons. The van der Waals surface area contributed by atoms with Crippen LogP contribution in [-0.4, -0.2) is 34.7 Å². The Hall–Kier alpha value is -3.94. The van der Waals surface area contributed by atoms with Crippen molar-refractivity contribution >= 4 is 51.7 Å². The first-order valence-corrected chi connectivity index (χ1v) is 13.2. The van der Waals surface area contributed by atoms with Gasteiger partial charge in [0.05, 0.1) is 24.4 Å². The molecule has 7 nitrogen and oxygen atoms in total. The first-order valence-electron chi connectivity index (χ1n) is 12.5.